The van der Waals surface area contributed by atoms with Crippen LogP contribution in [-0.2, 0) is 9.53 Å². The Morgan fingerprint density at radius 1 is 1.19 bits per heavy atom. The molecule has 27 heavy (non-hydrogen) atoms. The number of carbonyl (C=O) groups excluding carboxylic acids is 2. The van der Waals surface area contributed by atoms with Gasteiger partial charge in [0.2, 0.25) is 5.91 Å². The van der Waals surface area contributed by atoms with Crippen molar-refractivity contribution in [3.63, 3.8) is 0 Å². The van der Waals surface area contributed by atoms with E-state index >= 15 is 0 Å². The standard InChI is InChI=1S/C19H26N4O4/c1-13-7-5-8-14(2)18(13)21-19(25)23(9-6-10-26-4)12-17(24)20-16-11-15(3)27-22-16/h5,7-8,11H,6,9-10,12H2,1-4H3,(H,21,25)(H,20,22,24). The normalized spacial score (nSPS) is 10.5. The van der Waals surface area contributed by atoms with Crippen LogP contribution in [0.5, 0.6) is 0 Å². The van der Waals surface area contributed by atoms with E-state index in [1.165, 1.54) is 4.90 Å². The zero-order chi connectivity index (χ0) is 19.8. The van der Waals surface area contributed by atoms with Gasteiger partial charge < -0.3 is 24.8 Å². The average Bonchev–Trinajstić information content (AvgIpc) is 3.02. The monoisotopic (exact) mass is 374 g/mol. The molecule has 0 unspecified atom stereocenters. The van der Waals surface area contributed by atoms with E-state index in [2.05, 4.69) is 15.8 Å². The number of nitrogens with one attached hydrogen (secondary N) is 2. The topological polar surface area (TPSA) is 96.7 Å². The Labute approximate surface area is 158 Å². The third-order valence-electron chi connectivity index (χ3n) is 4.01. The van der Waals surface area contributed by atoms with Crippen LogP contribution < -0.4 is 10.6 Å². The summed E-state index contributed by atoms with van der Waals surface area (Å²) in [5.41, 5.74) is 2.68. The van der Waals surface area contributed by atoms with E-state index in [4.69, 9.17) is 9.26 Å². The van der Waals surface area contributed by atoms with Crippen molar-refractivity contribution in [3.05, 3.63) is 41.2 Å². The van der Waals surface area contributed by atoms with Crippen LogP contribution in [0.15, 0.2) is 28.8 Å². The summed E-state index contributed by atoms with van der Waals surface area (Å²) in [6, 6.07) is 7.07. The highest BCUT2D eigenvalue weighted by Crippen LogP contribution is 2.20. The molecule has 8 nitrogen and oxygen atoms in total. The molecule has 2 aromatic rings. The molecule has 0 spiro atoms. The van der Waals surface area contributed by atoms with Crippen LogP contribution >= 0.6 is 0 Å². The maximum Gasteiger partial charge on any atom is 0.322 e. The second kappa shape index (κ2) is 9.72. The number of nitrogens with zero attached hydrogens (tertiary/aromatic N) is 2. The Bertz CT molecular complexity index is 768. The number of ether oxygens (including phenoxy) is 1. The van der Waals surface area contributed by atoms with Crippen molar-refractivity contribution in [1.82, 2.24) is 10.1 Å². The van der Waals surface area contributed by atoms with E-state index in [0.29, 0.717) is 31.2 Å². The van der Waals surface area contributed by atoms with Crippen molar-refractivity contribution in [1.29, 1.82) is 0 Å². The quantitative estimate of drug-likeness (QED) is 0.692. The largest absolute Gasteiger partial charge is 0.385 e. The number of rotatable bonds is 8. The SMILES string of the molecule is COCCCN(CC(=O)Nc1cc(C)on1)C(=O)Nc1c(C)cccc1C. The van der Waals surface area contributed by atoms with Crippen molar-refractivity contribution < 1.29 is 18.8 Å². The molecule has 1 aromatic heterocycles. The van der Waals surface area contributed by atoms with Crippen molar-refractivity contribution in [3.8, 4) is 0 Å². The fraction of sp³-hybridized carbons (Fsp3) is 0.421. The van der Waals surface area contributed by atoms with E-state index < -0.39 is 0 Å². The first-order chi connectivity index (χ1) is 12.9. The highest BCUT2D eigenvalue weighted by molar-refractivity contribution is 5.97. The summed E-state index contributed by atoms with van der Waals surface area (Å²) in [6.45, 7) is 6.37. The van der Waals surface area contributed by atoms with Crippen molar-refractivity contribution in [2.75, 3.05) is 37.4 Å². The van der Waals surface area contributed by atoms with Gasteiger partial charge in [0.15, 0.2) is 5.82 Å². The molecule has 0 aliphatic carbocycles. The third kappa shape index (κ3) is 6.10. The molecule has 3 amide bonds. The minimum atomic E-state index is -0.350. The lowest BCUT2D eigenvalue weighted by molar-refractivity contribution is -0.116. The maximum absolute atomic E-state index is 12.8. The number of anilines is 2. The molecule has 1 heterocycles. The van der Waals surface area contributed by atoms with Crippen LogP contribution in [0.4, 0.5) is 16.3 Å². The molecule has 0 aliphatic rings. The smallest absolute Gasteiger partial charge is 0.322 e. The van der Waals surface area contributed by atoms with Crippen LogP contribution in [0.2, 0.25) is 0 Å². The molecule has 2 N–H and O–H groups in total. The summed E-state index contributed by atoms with van der Waals surface area (Å²) < 4.78 is 9.98. The number of hydrogen-bond donors (Lipinski definition) is 2. The zero-order valence-electron chi connectivity index (χ0n) is 16.2. The van der Waals surface area contributed by atoms with Gasteiger partial charge >= 0.3 is 6.03 Å². The van der Waals surface area contributed by atoms with Gasteiger partial charge in [0.05, 0.1) is 0 Å². The van der Waals surface area contributed by atoms with Gasteiger partial charge in [-0.2, -0.15) is 0 Å². The Balaban J connectivity index is 2.05. The molecule has 8 heteroatoms. The van der Waals surface area contributed by atoms with Gasteiger partial charge in [-0.15, -0.1) is 0 Å². The number of urea groups is 1. The van der Waals surface area contributed by atoms with E-state index in [0.717, 1.165) is 16.8 Å². The van der Waals surface area contributed by atoms with Crippen LogP contribution in [0, 0.1) is 20.8 Å². The van der Waals surface area contributed by atoms with Crippen LogP contribution in [0.3, 0.4) is 0 Å². The second-order valence-electron chi connectivity index (χ2n) is 6.34. The molecule has 0 bridgehead atoms. The molecule has 0 saturated carbocycles. The van der Waals surface area contributed by atoms with Gasteiger partial charge in [-0.05, 0) is 38.3 Å². The summed E-state index contributed by atoms with van der Waals surface area (Å²) in [5.74, 6) is 0.567. The highest BCUT2D eigenvalue weighted by atomic mass is 16.5. The molecule has 146 valence electrons. The summed E-state index contributed by atoms with van der Waals surface area (Å²) in [5, 5.41) is 9.27. The highest BCUT2D eigenvalue weighted by Gasteiger charge is 2.19. The number of aryl methyl sites for hydroxylation is 3. The fourth-order valence-electron chi connectivity index (χ4n) is 2.63. The second-order valence-corrected chi connectivity index (χ2v) is 6.34. The number of carbonyl (C=O) groups is 2. The summed E-state index contributed by atoms with van der Waals surface area (Å²) in [4.78, 5) is 26.5. The van der Waals surface area contributed by atoms with Crippen LogP contribution in [0.1, 0.15) is 23.3 Å². The fourth-order valence-corrected chi connectivity index (χ4v) is 2.63. The molecule has 0 fully saturated rings. The average molecular weight is 374 g/mol. The molecule has 0 radical (unpaired) electrons. The van der Waals surface area contributed by atoms with Gasteiger partial charge in [0, 0.05) is 32.0 Å². The Morgan fingerprint density at radius 2 is 1.89 bits per heavy atom. The predicted molar refractivity (Wildman–Crippen MR) is 103 cm³/mol. The van der Waals surface area contributed by atoms with E-state index in [-0.39, 0.29) is 18.5 Å². The Kier molecular flexibility index (Phi) is 7.36. The number of benzene rings is 1. The number of hydrogen-bond acceptors (Lipinski definition) is 5. The number of para-hydroxylation sites is 1. The molecule has 2 rings (SSSR count). The molecule has 0 saturated heterocycles. The number of amides is 3. The maximum atomic E-state index is 12.8. The van der Waals surface area contributed by atoms with Crippen molar-refractivity contribution in [2.45, 2.75) is 27.2 Å². The van der Waals surface area contributed by atoms with Gasteiger partial charge in [0.25, 0.3) is 0 Å². The van der Waals surface area contributed by atoms with Crippen LogP contribution in [0.25, 0.3) is 0 Å². The lowest BCUT2D eigenvalue weighted by Gasteiger charge is -2.23. The van der Waals surface area contributed by atoms with Gasteiger partial charge in [-0.3, -0.25) is 4.79 Å². The first-order valence-corrected chi connectivity index (χ1v) is 8.75. The third-order valence-corrected chi connectivity index (χ3v) is 4.01. The van der Waals surface area contributed by atoms with Crippen molar-refractivity contribution >= 4 is 23.4 Å². The molecule has 0 aliphatic heterocycles. The Hall–Kier alpha value is -2.87. The first-order valence-electron chi connectivity index (χ1n) is 8.75. The van der Waals surface area contributed by atoms with Gasteiger partial charge in [0.1, 0.15) is 12.3 Å². The first kappa shape index (κ1) is 20.4. The van der Waals surface area contributed by atoms with E-state index in [1.54, 1.807) is 20.1 Å². The lowest BCUT2D eigenvalue weighted by atomic mass is 10.1. The van der Waals surface area contributed by atoms with Crippen LogP contribution in [-0.4, -0.2) is 48.8 Å². The zero-order valence-corrected chi connectivity index (χ0v) is 16.2. The lowest BCUT2D eigenvalue weighted by Crippen LogP contribution is -2.41. The summed E-state index contributed by atoms with van der Waals surface area (Å²) in [6.07, 6.45) is 0.618. The van der Waals surface area contributed by atoms with Crippen molar-refractivity contribution in [2.24, 2.45) is 0 Å². The van der Waals surface area contributed by atoms with E-state index in [9.17, 15) is 9.59 Å². The van der Waals surface area contributed by atoms with Gasteiger partial charge in [-0.25, -0.2) is 4.79 Å². The molecular formula is C19H26N4O4. The predicted octanol–water partition coefficient (Wildman–Crippen LogP) is 3.11. The van der Waals surface area contributed by atoms with E-state index in [1.807, 2.05) is 32.0 Å². The molecule has 0 atom stereocenters. The minimum Gasteiger partial charge on any atom is -0.385 e. The van der Waals surface area contributed by atoms with Gasteiger partial charge in [-0.1, -0.05) is 23.4 Å². The number of aromatic nitrogens is 1. The molecule has 1 aromatic carbocycles. The minimum absolute atomic E-state index is 0.105. The summed E-state index contributed by atoms with van der Waals surface area (Å²) >= 11 is 0. The molecular weight excluding hydrogens is 348 g/mol. The summed E-state index contributed by atoms with van der Waals surface area (Å²) in [7, 11) is 1.60. The Morgan fingerprint density at radius 3 is 2.48 bits per heavy atom. The number of methoxy groups -OCH3 is 1.